The Balaban J connectivity index is 3.17. The highest BCUT2D eigenvalue weighted by atomic mass is 32.2. The lowest BCUT2D eigenvalue weighted by Crippen LogP contribution is -2.54. The van der Waals surface area contributed by atoms with Gasteiger partial charge in [0, 0.05) is 0 Å². The summed E-state index contributed by atoms with van der Waals surface area (Å²) in [5.74, 6) is 0.403. The normalized spacial score (nSPS) is 24.7. The van der Waals surface area contributed by atoms with Gasteiger partial charge in [-0.3, -0.25) is 0 Å². The molecule has 2 atom stereocenters. The summed E-state index contributed by atoms with van der Waals surface area (Å²) in [7, 11) is -3.37. The Hall–Kier alpha value is -0.610. The third-order valence-electron chi connectivity index (χ3n) is 4.54. The highest BCUT2D eigenvalue weighted by Crippen LogP contribution is 2.41. The topological polar surface area (TPSA) is 46.2 Å². The monoisotopic (exact) mass is 313 g/mol. The van der Waals surface area contributed by atoms with Crippen LogP contribution in [0.3, 0.4) is 0 Å². The molecule has 4 heteroatoms. The van der Waals surface area contributed by atoms with Crippen LogP contribution in [-0.2, 0) is 10.0 Å². The number of allylic oxidation sites excluding steroid dienone is 2. The molecule has 0 radical (unpaired) electrons. The maximum Gasteiger partial charge on any atom is 0.217 e. The Labute approximate surface area is 131 Å². The molecule has 3 nitrogen and oxygen atoms in total. The third-order valence-corrected chi connectivity index (χ3v) is 6.81. The molecule has 2 unspecified atom stereocenters. The molecule has 0 aromatic rings. The highest BCUT2D eigenvalue weighted by molar-refractivity contribution is 7.90. The minimum absolute atomic E-state index is 0.403. The summed E-state index contributed by atoms with van der Waals surface area (Å²) in [6.45, 7) is 13.4. The van der Waals surface area contributed by atoms with Crippen molar-refractivity contribution in [1.29, 1.82) is 0 Å². The van der Waals surface area contributed by atoms with Crippen molar-refractivity contribution in [3.8, 4) is 0 Å². The van der Waals surface area contributed by atoms with Gasteiger partial charge in [-0.2, -0.15) is 0 Å². The first kappa shape index (κ1) is 18.4. The van der Waals surface area contributed by atoms with Crippen LogP contribution in [0.15, 0.2) is 24.3 Å². The Morgan fingerprint density at radius 2 is 2.10 bits per heavy atom. The van der Waals surface area contributed by atoms with Crippen molar-refractivity contribution in [2.45, 2.75) is 77.0 Å². The van der Waals surface area contributed by atoms with Crippen LogP contribution in [-0.4, -0.2) is 18.7 Å². The summed E-state index contributed by atoms with van der Waals surface area (Å²) < 4.78 is 27.6. The van der Waals surface area contributed by atoms with Crippen LogP contribution in [0, 0.1) is 5.92 Å². The van der Waals surface area contributed by atoms with Gasteiger partial charge in [-0.25, -0.2) is 13.1 Å². The number of hydrogen-bond donors (Lipinski definition) is 1. The van der Waals surface area contributed by atoms with Gasteiger partial charge >= 0.3 is 0 Å². The predicted molar refractivity (Wildman–Crippen MR) is 90.7 cm³/mol. The van der Waals surface area contributed by atoms with E-state index >= 15 is 0 Å². The van der Waals surface area contributed by atoms with E-state index in [1.165, 1.54) is 5.57 Å². The van der Waals surface area contributed by atoms with Crippen LogP contribution in [0.25, 0.3) is 0 Å². The van der Waals surface area contributed by atoms with Crippen molar-refractivity contribution in [2.24, 2.45) is 5.92 Å². The average Bonchev–Trinajstić information content (AvgIpc) is 2.77. The average molecular weight is 314 g/mol. The first-order valence-corrected chi connectivity index (χ1v) is 9.43. The zero-order valence-corrected chi connectivity index (χ0v) is 15.0. The molecule has 0 amide bonds. The van der Waals surface area contributed by atoms with Crippen molar-refractivity contribution in [2.75, 3.05) is 0 Å². The summed E-state index contributed by atoms with van der Waals surface area (Å²) in [5.41, 5.74) is 0.843. The molecule has 0 saturated carbocycles. The maximum atomic E-state index is 12.7. The molecule has 21 heavy (non-hydrogen) atoms. The highest BCUT2D eigenvalue weighted by Gasteiger charge is 2.44. The fourth-order valence-corrected chi connectivity index (χ4v) is 4.04. The van der Waals surface area contributed by atoms with E-state index in [-0.39, 0.29) is 0 Å². The smallest absolute Gasteiger partial charge is 0.212 e. The molecule has 0 aromatic heterocycles. The fraction of sp³-hybridized carbons (Fsp3) is 0.765. The maximum absolute atomic E-state index is 12.7. The van der Waals surface area contributed by atoms with E-state index in [4.69, 9.17) is 0 Å². The van der Waals surface area contributed by atoms with Gasteiger partial charge in [0.1, 0.15) is 0 Å². The Bertz CT molecular complexity index is 499. The summed E-state index contributed by atoms with van der Waals surface area (Å²) in [5, 5.41) is 0. The molecule has 0 saturated heterocycles. The minimum Gasteiger partial charge on any atom is -0.212 e. The largest absolute Gasteiger partial charge is 0.217 e. The quantitative estimate of drug-likeness (QED) is 0.717. The van der Waals surface area contributed by atoms with E-state index in [0.29, 0.717) is 5.92 Å². The van der Waals surface area contributed by atoms with Crippen molar-refractivity contribution in [3.05, 3.63) is 24.3 Å². The van der Waals surface area contributed by atoms with Gasteiger partial charge in [0.2, 0.25) is 10.0 Å². The van der Waals surface area contributed by atoms with Crippen molar-refractivity contribution < 1.29 is 8.42 Å². The van der Waals surface area contributed by atoms with E-state index < -0.39 is 20.3 Å². The van der Waals surface area contributed by atoms with Gasteiger partial charge in [-0.15, -0.1) is 6.58 Å². The molecule has 1 aliphatic carbocycles. The molecular weight excluding hydrogens is 282 g/mol. The first-order valence-electron chi connectivity index (χ1n) is 7.94. The standard InChI is InChI=1S/C17H31NO2S/c1-7-9-12-17(18-21(19,20)16(4,5)6)13-10-11-15(17)14(3)8-2/h7,11,14,18H,1,8-10,12-13H2,2-6H3. The first-order chi connectivity index (χ1) is 9.59. The zero-order valence-electron chi connectivity index (χ0n) is 14.2. The predicted octanol–water partition coefficient (Wildman–Crippen LogP) is 4.18. The Morgan fingerprint density at radius 3 is 2.57 bits per heavy atom. The van der Waals surface area contributed by atoms with E-state index in [1.807, 2.05) is 6.08 Å². The Morgan fingerprint density at radius 1 is 1.48 bits per heavy atom. The molecule has 122 valence electrons. The lowest BCUT2D eigenvalue weighted by atomic mass is 9.80. The van der Waals surface area contributed by atoms with Gasteiger partial charge < -0.3 is 0 Å². The van der Waals surface area contributed by atoms with Crippen molar-refractivity contribution in [3.63, 3.8) is 0 Å². The second-order valence-electron chi connectivity index (χ2n) is 7.13. The van der Waals surface area contributed by atoms with Gasteiger partial charge in [0.05, 0.1) is 10.3 Å². The molecule has 0 bridgehead atoms. The van der Waals surface area contributed by atoms with Crippen LogP contribution >= 0.6 is 0 Å². The second-order valence-corrected chi connectivity index (χ2v) is 9.57. The van der Waals surface area contributed by atoms with Crippen LogP contribution in [0.5, 0.6) is 0 Å². The third kappa shape index (κ3) is 3.98. The van der Waals surface area contributed by atoms with Gasteiger partial charge in [-0.1, -0.05) is 31.6 Å². The number of sulfonamides is 1. The van der Waals surface area contributed by atoms with Crippen molar-refractivity contribution in [1.82, 2.24) is 4.72 Å². The lowest BCUT2D eigenvalue weighted by Gasteiger charge is -2.38. The summed E-state index contributed by atoms with van der Waals surface area (Å²) in [4.78, 5) is 0. The zero-order chi connectivity index (χ0) is 16.3. The second kappa shape index (κ2) is 6.66. The summed E-state index contributed by atoms with van der Waals surface area (Å²) in [6.07, 6.45) is 8.56. The molecule has 0 spiro atoms. The van der Waals surface area contributed by atoms with E-state index in [1.54, 1.807) is 20.8 Å². The van der Waals surface area contributed by atoms with E-state index in [0.717, 1.165) is 32.1 Å². The van der Waals surface area contributed by atoms with E-state index in [2.05, 4.69) is 31.2 Å². The molecule has 0 heterocycles. The number of rotatable bonds is 7. The van der Waals surface area contributed by atoms with Crippen molar-refractivity contribution >= 4 is 10.0 Å². The van der Waals surface area contributed by atoms with Gasteiger partial charge in [0.15, 0.2) is 0 Å². The molecule has 1 N–H and O–H groups in total. The molecule has 1 rings (SSSR count). The molecule has 0 fully saturated rings. The van der Waals surface area contributed by atoms with Crippen LogP contribution < -0.4 is 4.72 Å². The van der Waals surface area contributed by atoms with Gasteiger partial charge in [0.25, 0.3) is 0 Å². The summed E-state index contributed by atoms with van der Waals surface area (Å²) >= 11 is 0. The van der Waals surface area contributed by atoms with Gasteiger partial charge in [-0.05, 0) is 58.8 Å². The number of hydrogen-bond acceptors (Lipinski definition) is 2. The van der Waals surface area contributed by atoms with Crippen LogP contribution in [0.4, 0.5) is 0 Å². The SMILES string of the molecule is C=CCCC1(NS(=O)(=O)C(C)(C)C)CCC=C1C(C)CC. The van der Waals surface area contributed by atoms with Crippen LogP contribution in [0.1, 0.15) is 66.7 Å². The molecular formula is C17H31NO2S. The van der Waals surface area contributed by atoms with Crippen LogP contribution in [0.2, 0.25) is 0 Å². The lowest BCUT2D eigenvalue weighted by molar-refractivity contribution is 0.371. The number of nitrogens with one attached hydrogen (secondary N) is 1. The molecule has 0 aliphatic heterocycles. The summed E-state index contributed by atoms with van der Waals surface area (Å²) in [6, 6.07) is 0. The molecule has 0 aromatic carbocycles. The fourth-order valence-electron chi connectivity index (χ4n) is 2.90. The minimum atomic E-state index is -3.37. The molecule has 1 aliphatic rings. The Kier molecular flexibility index (Phi) is 5.84. The van der Waals surface area contributed by atoms with E-state index in [9.17, 15) is 8.42 Å².